The lowest BCUT2D eigenvalue weighted by Gasteiger charge is -2.12. The fraction of sp³-hybridized carbons (Fsp3) is 0.727. The van der Waals surface area contributed by atoms with Gasteiger partial charge in [-0.15, -0.1) is 0 Å². The van der Waals surface area contributed by atoms with Crippen LogP contribution in [-0.4, -0.2) is 55.9 Å². The van der Waals surface area contributed by atoms with Gasteiger partial charge >= 0.3 is 0 Å². The molecule has 0 aromatic carbocycles. The van der Waals surface area contributed by atoms with E-state index in [0.717, 1.165) is 0 Å². The summed E-state index contributed by atoms with van der Waals surface area (Å²) in [5.74, 6) is -0.170. The fourth-order valence-corrected chi connectivity index (χ4v) is 6.01. The Morgan fingerprint density at radius 3 is 2.62 bits per heavy atom. The van der Waals surface area contributed by atoms with E-state index >= 15 is 0 Å². The van der Waals surface area contributed by atoms with E-state index in [1.807, 2.05) is 0 Å². The van der Waals surface area contributed by atoms with Crippen LogP contribution in [0.1, 0.15) is 17.8 Å². The number of aryl methyl sites for hydroxylation is 1. The molecule has 0 amide bonds. The Labute approximate surface area is 124 Å². The third-order valence-corrected chi connectivity index (χ3v) is 6.99. The average molecular weight is 337 g/mol. The van der Waals surface area contributed by atoms with Gasteiger partial charge in [0, 0.05) is 6.04 Å². The van der Waals surface area contributed by atoms with Gasteiger partial charge in [-0.2, -0.15) is 5.10 Å². The summed E-state index contributed by atoms with van der Waals surface area (Å²) in [4.78, 5) is 0.0558. The zero-order chi connectivity index (χ0) is 15.8. The molecule has 1 atom stereocenters. The van der Waals surface area contributed by atoms with Gasteiger partial charge in [0.05, 0.1) is 36.0 Å². The molecule has 1 aliphatic rings. The van der Waals surface area contributed by atoms with E-state index in [2.05, 4.69) is 9.82 Å². The smallest absolute Gasteiger partial charge is 0.244 e. The molecule has 1 aromatic rings. The van der Waals surface area contributed by atoms with Gasteiger partial charge in [-0.25, -0.2) is 21.6 Å². The van der Waals surface area contributed by atoms with Gasteiger partial charge in [-0.3, -0.25) is 4.68 Å². The topological polar surface area (TPSA) is 118 Å². The first-order valence-corrected chi connectivity index (χ1v) is 9.84. The van der Waals surface area contributed by atoms with Crippen LogP contribution in [0.25, 0.3) is 0 Å². The molecule has 1 unspecified atom stereocenters. The van der Waals surface area contributed by atoms with Crippen LogP contribution in [0.2, 0.25) is 0 Å². The summed E-state index contributed by atoms with van der Waals surface area (Å²) >= 11 is 0. The molecule has 10 heteroatoms. The Morgan fingerprint density at radius 2 is 2.10 bits per heavy atom. The van der Waals surface area contributed by atoms with E-state index in [0.29, 0.717) is 11.4 Å². The van der Waals surface area contributed by atoms with Crippen LogP contribution in [0.3, 0.4) is 0 Å². The predicted octanol–water partition coefficient (Wildman–Crippen LogP) is -1.04. The maximum absolute atomic E-state index is 12.4. The van der Waals surface area contributed by atoms with Gasteiger partial charge in [0.25, 0.3) is 0 Å². The lowest BCUT2D eigenvalue weighted by Crippen LogP contribution is -2.36. The van der Waals surface area contributed by atoms with Crippen LogP contribution in [0.5, 0.6) is 0 Å². The molecule has 0 radical (unpaired) electrons. The van der Waals surface area contributed by atoms with Crippen molar-refractivity contribution in [2.75, 3.05) is 18.1 Å². The van der Waals surface area contributed by atoms with Gasteiger partial charge in [0.2, 0.25) is 10.0 Å². The standard InChI is InChI=1S/C11H19N3O5S2/c1-8-11(9(2)14(12-8)4-5-15)21(18,19)13-10-3-6-20(16,17)7-10/h10,13,15H,3-7H2,1-2H3. The van der Waals surface area contributed by atoms with E-state index in [9.17, 15) is 16.8 Å². The molecule has 120 valence electrons. The normalized spacial score (nSPS) is 21.8. The van der Waals surface area contributed by atoms with Crippen molar-refractivity contribution in [3.05, 3.63) is 11.4 Å². The first kappa shape index (κ1) is 16.4. The highest BCUT2D eigenvalue weighted by molar-refractivity contribution is 7.92. The molecule has 2 heterocycles. The number of hydrogen-bond acceptors (Lipinski definition) is 6. The minimum atomic E-state index is -3.83. The lowest BCUT2D eigenvalue weighted by molar-refractivity contribution is 0.267. The summed E-state index contributed by atoms with van der Waals surface area (Å²) in [6, 6.07) is -0.597. The molecule has 21 heavy (non-hydrogen) atoms. The van der Waals surface area contributed by atoms with Gasteiger partial charge in [0.1, 0.15) is 4.90 Å². The fourth-order valence-electron chi connectivity index (χ4n) is 2.55. The number of nitrogens with one attached hydrogen (secondary N) is 1. The van der Waals surface area contributed by atoms with E-state index in [1.54, 1.807) is 13.8 Å². The second-order valence-corrected chi connectivity index (χ2v) is 9.05. The Balaban J connectivity index is 2.28. The summed E-state index contributed by atoms with van der Waals surface area (Å²) in [5.41, 5.74) is 0.754. The van der Waals surface area contributed by atoms with Gasteiger partial charge in [0.15, 0.2) is 9.84 Å². The molecule has 1 fully saturated rings. The Morgan fingerprint density at radius 1 is 1.43 bits per heavy atom. The summed E-state index contributed by atoms with van der Waals surface area (Å²) < 4.78 is 51.6. The van der Waals surface area contributed by atoms with Crippen molar-refractivity contribution in [1.29, 1.82) is 0 Å². The number of rotatable bonds is 5. The first-order chi connectivity index (χ1) is 9.66. The molecule has 1 saturated heterocycles. The number of sulfonamides is 1. The largest absolute Gasteiger partial charge is 0.394 e. The third kappa shape index (κ3) is 3.44. The minimum absolute atomic E-state index is 0.00191. The van der Waals surface area contributed by atoms with Crippen molar-refractivity contribution in [1.82, 2.24) is 14.5 Å². The van der Waals surface area contributed by atoms with Crippen molar-refractivity contribution in [2.45, 2.75) is 37.8 Å². The van der Waals surface area contributed by atoms with E-state index in [4.69, 9.17) is 5.11 Å². The molecule has 1 aliphatic heterocycles. The summed E-state index contributed by atoms with van der Waals surface area (Å²) in [6.07, 6.45) is 0.282. The third-order valence-electron chi connectivity index (χ3n) is 3.45. The summed E-state index contributed by atoms with van der Waals surface area (Å²) in [5, 5.41) is 13.0. The Hall–Kier alpha value is -0.970. The highest BCUT2D eigenvalue weighted by atomic mass is 32.2. The highest BCUT2D eigenvalue weighted by Gasteiger charge is 2.33. The van der Waals surface area contributed by atoms with Gasteiger partial charge < -0.3 is 5.11 Å². The first-order valence-electron chi connectivity index (χ1n) is 6.54. The quantitative estimate of drug-likeness (QED) is 0.708. The molecule has 8 nitrogen and oxygen atoms in total. The van der Waals surface area contributed by atoms with Crippen LogP contribution in [0, 0.1) is 13.8 Å². The number of sulfone groups is 1. The predicted molar refractivity (Wildman–Crippen MR) is 76.2 cm³/mol. The number of aliphatic hydroxyl groups excluding tert-OH is 1. The monoisotopic (exact) mass is 337 g/mol. The molecule has 0 saturated carbocycles. The number of nitrogens with zero attached hydrogens (tertiary/aromatic N) is 2. The van der Waals surface area contributed by atoms with Gasteiger partial charge in [-0.05, 0) is 20.3 Å². The highest BCUT2D eigenvalue weighted by Crippen LogP contribution is 2.21. The SMILES string of the molecule is Cc1nn(CCO)c(C)c1S(=O)(=O)NC1CCS(=O)(=O)C1. The maximum Gasteiger partial charge on any atom is 0.244 e. The minimum Gasteiger partial charge on any atom is -0.394 e. The van der Waals surface area contributed by atoms with E-state index in [1.165, 1.54) is 4.68 Å². The number of aromatic nitrogens is 2. The second-order valence-electron chi connectivity index (χ2n) is 5.17. The number of aliphatic hydroxyl groups is 1. The zero-order valence-corrected chi connectivity index (χ0v) is 13.5. The molecule has 2 N–H and O–H groups in total. The molecule has 0 bridgehead atoms. The van der Waals surface area contributed by atoms with E-state index < -0.39 is 25.9 Å². The molecular formula is C11H19N3O5S2. The van der Waals surface area contributed by atoms with Crippen molar-refractivity contribution in [3.8, 4) is 0 Å². The summed E-state index contributed by atoms with van der Waals surface area (Å²) in [7, 11) is -6.99. The summed E-state index contributed by atoms with van der Waals surface area (Å²) in [6.45, 7) is 3.24. The molecule has 2 rings (SSSR count). The van der Waals surface area contributed by atoms with Crippen LogP contribution in [0.4, 0.5) is 0 Å². The van der Waals surface area contributed by atoms with Crippen LogP contribution in [-0.2, 0) is 26.4 Å². The van der Waals surface area contributed by atoms with E-state index in [-0.39, 0.29) is 36.0 Å². The van der Waals surface area contributed by atoms with Crippen LogP contribution < -0.4 is 4.72 Å². The van der Waals surface area contributed by atoms with Crippen LogP contribution >= 0.6 is 0 Å². The Bertz CT molecular complexity index is 736. The van der Waals surface area contributed by atoms with Crippen molar-refractivity contribution >= 4 is 19.9 Å². The van der Waals surface area contributed by atoms with Crippen molar-refractivity contribution in [2.24, 2.45) is 0 Å². The molecule has 0 spiro atoms. The van der Waals surface area contributed by atoms with Crippen molar-refractivity contribution in [3.63, 3.8) is 0 Å². The zero-order valence-electron chi connectivity index (χ0n) is 11.9. The molecular weight excluding hydrogens is 318 g/mol. The maximum atomic E-state index is 12.4. The second kappa shape index (κ2) is 5.67. The lowest BCUT2D eigenvalue weighted by atomic mass is 10.3. The molecule has 0 aliphatic carbocycles. The van der Waals surface area contributed by atoms with Gasteiger partial charge in [-0.1, -0.05) is 0 Å². The number of hydrogen-bond donors (Lipinski definition) is 2. The molecule has 1 aromatic heterocycles. The Kier molecular flexibility index (Phi) is 4.43. The van der Waals surface area contributed by atoms with Crippen LogP contribution in [0.15, 0.2) is 4.90 Å². The average Bonchev–Trinajstić information content (AvgIpc) is 2.80. The van der Waals surface area contributed by atoms with Crippen molar-refractivity contribution < 1.29 is 21.9 Å².